The van der Waals surface area contributed by atoms with Crippen LogP contribution in [0.3, 0.4) is 0 Å². The number of hydrogen-bond donors (Lipinski definition) is 0. The predicted octanol–water partition coefficient (Wildman–Crippen LogP) is 2.36. The fraction of sp³-hybridized carbons (Fsp3) is 0.700. The second kappa shape index (κ2) is 9.13. The molecule has 1 aliphatic heterocycles. The Morgan fingerprint density at radius 1 is 1.21 bits per heavy atom. The summed E-state index contributed by atoms with van der Waals surface area (Å²) in [6, 6.07) is -0.280. The van der Waals surface area contributed by atoms with E-state index in [4.69, 9.17) is 13.9 Å². The van der Waals surface area contributed by atoms with Gasteiger partial charge in [0.1, 0.15) is 23.7 Å². The Balaban J connectivity index is 3.45. The van der Waals surface area contributed by atoms with Crippen molar-refractivity contribution >= 4 is 22.7 Å². The van der Waals surface area contributed by atoms with Crippen molar-refractivity contribution in [3.63, 3.8) is 0 Å². The van der Waals surface area contributed by atoms with Gasteiger partial charge in [0.25, 0.3) is 0 Å². The van der Waals surface area contributed by atoms with Crippen molar-refractivity contribution in [2.24, 2.45) is 10.8 Å². The molecule has 2 atom stereocenters. The summed E-state index contributed by atoms with van der Waals surface area (Å²) in [5.41, 5.74) is -1.52. The molecule has 0 aromatic rings. The van der Waals surface area contributed by atoms with Crippen molar-refractivity contribution in [1.29, 1.82) is 0 Å². The van der Waals surface area contributed by atoms with Crippen LogP contribution in [0.2, 0.25) is 0 Å². The maximum atomic E-state index is 13.0. The highest BCUT2D eigenvalue weighted by molar-refractivity contribution is 5.98. The average Bonchev–Trinajstić information content (AvgIpc) is 2.85. The molecule has 0 aliphatic carbocycles. The lowest BCUT2D eigenvalue weighted by Crippen LogP contribution is -2.66. The van der Waals surface area contributed by atoms with Crippen molar-refractivity contribution in [2.75, 3.05) is 33.4 Å². The molecule has 0 N–H and O–H groups in total. The van der Waals surface area contributed by atoms with Crippen molar-refractivity contribution in [3.05, 3.63) is 25.3 Å². The third kappa shape index (κ3) is 4.12. The van der Waals surface area contributed by atoms with E-state index in [1.165, 1.54) is 12.2 Å². The molecule has 0 bridgehead atoms. The Kier molecular flexibility index (Phi) is 7.90. The third-order valence-electron chi connectivity index (χ3n) is 5.93. The summed E-state index contributed by atoms with van der Waals surface area (Å²) in [6.45, 7) is 18.5. The molecule has 0 saturated carbocycles. The zero-order valence-electron chi connectivity index (χ0n) is 18.4. The number of carbonyl (C=O) groups excluding carboxylic acids is 2. The molecule has 160 valence electrons. The minimum absolute atomic E-state index is 0.125. The quantitative estimate of drug-likeness (QED) is 0.474. The van der Waals surface area contributed by atoms with E-state index in [9.17, 15) is 9.59 Å². The lowest BCUT2D eigenvalue weighted by Gasteiger charge is -2.55. The van der Waals surface area contributed by atoms with E-state index in [0.717, 1.165) is 0 Å². The number of likely N-dealkylation sites (tertiary alicyclic amines) is 1. The number of ether oxygens (including phenoxy) is 2. The first kappa shape index (κ1) is 24.2. The van der Waals surface area contributed by atoms with E-state index < -0.39 is 23.1 Å². The highest BCUT2D eigenvalue weighted by atomic mass is 28.2. The number of carbonyl (C=O) groups is 2. The second-order valence-corrected chi connectivity index (χ2v) is 9.31. The molecular weight excluding hydrogens is 376 g/mol. The zero-order chi connectivity index (χ0) is 21.8. The Morgan fingerprint density at radius 2 is 1.75 bits per heavy atom. The van der Waals surface area contributed by atoms with Gasteiger partial charge in [-0.25, -0.2) is 9.59 Å². The summed E-state index contributed by atoms with van der Waals surface area (Å²) in [6.07, 6.45) is 2.18. The zero-order valence-corrected chi connectivity index (χ0v) is 20.4. The lowest BCUT2D eigenvalue weighted by molar-refractivity contribution is -0.0715. The number of hydrogen-bond acceptors (Lipinski definition) is 5. The molecule has 28 heavy (non-hydrogen) atoms. The third-order valence-corrected chi connectivity index (χ3v) is 6.22. The highest BCUT2D eigenvalue weighted by Crippen LogP contribution is 2.56. The number of amides is 2. The first-order valence-electron chi connectivity index (χ1n) is 9.47. The van der Waals surface area contributed by atoms with E-state index in [0.29, 0.717) is 23.6 Å². The van der Waals surface area contributed by atoms with Crippen LogP contribution in [0.1, 0.15) is 34.6 Å². The van der Waals surface area contributed by atoms with Crippen LogP contribution in [0.15, 0.2) is 25.3 Å². The van der Waals surface area contributed by atoms with Gasteiger partial charge in [0.15, 0.2) is 0 Å². The molecule has 8 heteroatoms. The largest absolute Gasteiger partial charge is 0.445 e. The van der Waals surface area contributed by atoms with Gasteiger partial charge in [0, 0.05) is 19.0 Å². The van der Waals surface area contributed by atoms with Crippen LogP contribution >= 0.6 is 0 Å². The van der Waals surface area contributed by atoms with Crippen molar-refractivity contribution in [3.8, 4) is 0 Å². The Labute approximate surface area is 172 Å². The molecule has 1 rings (SSSR count). The molecule has 2 amide bonds. The summed E-state index contributed by atoms with van der Waals surface area (Å²) >= 11 is 0. The SMILES string of the molecule is C=CCOC(=O)N(C)[C@@H]1CN(C(=O)OCC=C)[C@@](CO[SiH3])(C(C)(C)C)C1(C)C. The molecule has 1 saturated heterocycles. The Morgan fingerprint density at radius 3 is 2.21 bits per heavy atom. The summed E-state index contributed by atoms with van der Waals surface area (Å²) < 4.78 is 16.4. The van der Waals surface area contributed by atoms with E-state index in [1.54, 1.807) is 16.8 Å². The number of rotatable bonds is 7. The van der Waals surface area contributed by atoms with Gasteiger partial charge in [-0.3, -0.25) is 4.90 Å². The number of likely N-dealkylation sites (N-methyl/N-ethyl adjacent to an activating group) is 1. The van der Waals surface area contributed by atoms with Gasteiger partial charge in [-0.15, -0.1) is 0 Å². The van der Waals surface area contributed by atoms with Crippen LogP contribution < -0.4 is 0 Å². The fourth-order valence-electron chi connectivity index (χ4n) is 4.65. The van der Waals surface area contributed by atoms with E-state index in [1.807, 2.05) is 0 Å². The first-order valence-corrected chi connectivity index (χ1v) is 10.3. The highest BCUT2D eigenvalue weighted by Gasteiger charge is 2.67. The topological polar surface area (TPSA) is 68.3 Å². The van der Waals surface area contributed by atoms with Crippen molar-refractivity contribution in [2.45, 2.75) is 46.2 Å². The van der Waals surface area contributed by atoms with Gasteiger partial charge in [-0.05, 0) is 5.41 Å². The van der Waals surface area contributed by atoms with Crippen LogP contribution in [-0.2, 0) is 13.9 Å². The average molecular weight is 413 g/mol. The number of nitrogens with zero attached hydrogens (tertiary/aromatic N) is 2. The minimum atomic E-state index is -0.683. The van der Waals surface area contributed by atoms with Gasteiger partial charge in [-0.1, -0.05) is 59.9 Å². The molecule has 0 spiro atoms. The van der Waals surface area contributed by atoms with Crippen LogP contribution in [0.5, 0.6) is 0 Å². The van der Waals surface area contributed by atoms with Crippen molar-refractivity contribution in [1.82, 2.24) is 9.80 Å². The molecule has 0 aromatic heterocycles. The molecule has 0 aromatic carbocycles. The van der Waals surface area contributed by atoms with Gasteiger partial charge in [0.2, 0.25) is 0 Å². The smallest absolute Gasteiger partial charge is 0.410 e. The first-order chi connectivity index (χ1) is 12.9. The lowest BCUT2D eigenvalue weighted by atomic mass is 9.59. The van der Waals surface area contributed by atoms with E-state index in [2.05, 4.69) is 47.8 Å². The van der Waals surface area contributed by atoms with Crippen molar-refractivity contribution < 1.29 is 23.5 Å². The van der Waals surface area contributed by atoms with E-state index >= 15 is 0 Å². The molecule has 1 heterocycles. The Bertz CT molecular complexity index is 602. The summed E-state index contributed by atoms with van der Waals surface area (Å²) in [5.74, 6) is 0. The molecule has 1 aliphatic rings. The monoisotopic (exact) mass is 412 g/mol. The maximum absolute atomic E-state index is 13.0. The summed E-state index contributed by atoms with van der Waals surface area (Å²) in [7, 11) is 2.24. The summed E-state index contributed by atoms with van der Waals surface area (Å²) in [5, 5.41) is 0. The molecule has 7 nitrogen and oxygen atoms in total. The van der Waals surface area contributed by atoms with E-state index in [-0.39, 0.29) is 24.7 Å². The van der Waals surface area contributed by atoms with Crippen LogP contribution in [0, 0.1) is 10.8 Å². The fourth-order valence-corrected chi connectivity index (χ4v) is 5.06. The van der Waals surface area contributed by atoms with Crippen LogP contribution in [0.4, 0.5) is 9.59 Å². The standard InChI is InChI=1S/C20H36N2O5Si/c1-9-11-25-16(23)21(8)15-13-22(17(24)26-12-10-2)20(14-27-28,18(3,4)5)19(15,6)7/h9-10,15H,1-2,11-14H2,3-8,28H3/t15-,20+/m1/s1. The van der Waals surface area contributed by atoms with Gasteiger partial charge in [-0.2, -0.15) is 0 Å². The minimum Gasteiger partial charge on any atom is -0.445 e. The molecule has 1 fully saturated rings. The van der Waals surface area contributed by atoms with Gasteiger partial charge < -0.3 is 18.8 Å². The predicted molar refractivity (Wildman–Crippen MR) is 113 cm³/mol. The van der Waals surface area contributed by atoms with Crippen LogP contribution in [-0.4, -0.2) is 77.5 Å². The summed E-state index contributed by atoms with van der Waals surface area (Å²) in [4.78, 5) is 28.8. The van der Waals surface area contributed by atoms with Crippen LogP contribution in [0.25, 0.3) is 0 Å². The second-order valence-electron chi connectivity index (χ2n) is 8.73. The molecule has 0 unspecified atom stereocenters. The van der Waals surface area contributed by atoms with Gasteiger partial charge >= 0.3 is 12.2 Å². The maximum Gasteiger partial charge on any atom is 0.410 e. The normalized spacial score (nSPS) is 23.9. The molecule has 0 radical (unpaired) electrons. The van der Waals surface area contributed by atoms with Gasteiger partial charge in [0.05, 0.1) is 18.2 Å². The Hall–Kier alpha value is -1.80. The molecular formula is C20H36N2O5Si.